The van der Waals surface area contributed by atoms with Crippen LogP contribution in [0.2, 0.25) is 0 Å². The topological polar surface area (TPSA) is 99.0 Å². The van der Waals surface area contributed by atoms with Gasteiger partial charge in [0.15, 0.2) is 12.6 Å². The molecule has 140 valence electrons. The van der Waals surface area contributed by atoms with Crippen LogP contribution in [0.5, 0.6) is 0 Å². The molecule has 2 heterocycles. The van der Waals surface area contributed by atoms with Gasteiger partial charge < -0.3 is 10.1 Å². The van der Waals surface area contributed by atoms with E-state index in [-0.39, 0.29) is 6.54 Å². The minimum Gasteiger partial charge on any atom is -0.451 e. The predicted molar refractivity (Wildman–Crippen MR) is 91.7 cm³/mol. The highest BCUT2D eigenvalue weighted by Gasteiger charge is 2.21. The normalized spacial score (nSPS) is 11.8. The van der Waals surface area contributed by atoms with Gasteiger partial charge in [-0.2, -0.15) is 4.80 Å². The first-order chi connectivity index (χ1) is 12.9. The molecule has 3 rings (SSSR count). The number of para-hydroxylation sites is 1. The maximum absolute atomic E-state index is 13.6. The number of ether oxygens (including phenoxy) is 1. The Hall–Kier alpha value is -3.21. The number of esters is 1. The number of nitrogens with zero attached hydrogens (tertiary/aromatic N) is 4. The number of nitrogens with one attached hydrogen (secondary N) is 1. The van der Waals surface area contributed by atoms with Gasteiger partial charge in [0.05, 0.1) is 4.88 Å². The van der Waals surface area contributed by atoms with Crippen LogP contribution in [0.4, 0.5) is 14.5 Å². The maximum atomic E-state index is 13.6. The minimum absolute atomic E-state index is 0.360. The molecular weight excluding hydrogens is 380 g/mol. The molecule has 0 radical (unpaired) electrons. The fourth-order valence-electron chi connectivity index (χ4n) is 2.06. The zero-order valence-corrected chi connectivity index (χ0v) is 14.7. The minimum atomic E-state index is -1.28. The highest BCUT2D eigenvalue weighted by atomic mass is 32.1. The lowest BCUT2D eigenvalue weighted by atomic mass is 10.2. The van der Waals surface area contributed by atoms with Crippen LogP contribution in [0.1, 0.15) is 6.92 Å². The monoisotopic (exact) mass is 393 g/mol. The summed E-state index contributed by atoms with van der Waals surface area (Å²) >= 11 is 1.42. The zero-order chi connectivity index (χ0) is 19.4. The largest absolute Gasteiger partial charge is 0.451 e. The molecule has 8 nitrogen and oxygen atoms in total. The third-order valence-corrected chi connectivity index (χ3v) is 4.22. The molecule has 3 aromatic rings. The highest BCUT2D eigenvalue weighted by Crippen LogP contribution is 2.20. The molecule has 2 aromatic heterocycles. The van der Waals surface area contributed by atoms with Crippen molar-refractivity contribution in [1.82, 2.24) is 20.2 Å². The van der Waals surface area contributed by atoms with E-state index in [1.54, 1.807) is 6.07 Å². The summed E-state index contributed by atoms with van der Waals surface area (Å²) in [5, 5.41) is 15.5. The van der Waals surface area contributed by atoms with Crippen molar-refractivity contribution in [2.75, 3.05) is 5.32 Å². The molecule has 1 atom stereocenters. The van der Waals surface area contributed by atoms with Gasteiger partial charge >= 0.3 is 5.97 Å². The molecule has 0 aliphatic rings. The summed E-state index contributed by atoms with van der Waals surface area (Å²) in [6, 6.07) is 6.79. The summed E-state index contributed by atoms with van der Waals surface area (Å²) in [5.41, 5.74) is -0.607. The van der Waals surface area contributed by atoms with Gasteiger partial charge in [-0.25, -0.2) is 13.6 Å². The number of tetrazole rings is 1. The number of anilines is 1. The van der Waals surface area contributed by atoms with E-state index in [0.29, 0.717) is 5.82 Å². The van der Waals surface area contributed by atoms with Crippen LogP contribution in [0.3, 0.4) is 0 Å². The second kappa shape index (κ2) is 7.99. The van der Waals surface area contributed by atoms with Gasteiger partial charge in [-0.15, -0.1) is 21.5 Å². The molecule has 0 unspecified atom stereocenters. The number of carbonyl (C=O) groups is 2. The number of halogens is 2. The molecule has 1 aromatic carbocycles. The number of hydrogen-bond acceptors (Lipinski definition) is 7. The van der Waals surface area contributed by atoms with E-state index in [2.05, 4.69) is 20.7 Å². The Morgan fingerprint density at radius 2 is 2.00 bits per heavy atom. The molecule has 0 aliphatic carbocycles. The van der Waals surface area contributed by atoms with Crippen molar-refractivity contribution in [2.45, 2.75) is 19.6 Å². The van der Waals surface area contributed by atoms with E-state index in [1.165, 1.54) is 24.3 Å². The average molecular weight is 393 g/mol. The molecular formula is C16H13F2N5O3S. The number of aromatic nitrogens is 4. The Kier molecular flexibility index (Phi) is 5.50. The Bertz CT molecular complexity index is 941. The van der Waals surface area contributed by atoms with Crippen molar-refractivity contribution >= 4 is 28.9 Å². The van der Waals surface area contributed by atoms with Gasteiger partial charge in [0.2, 0.25) is 5.82 Å². The quantitative estimate of drug-likeness (QED) is 0.645. The van der Waals surface area contributed by atoms with Crippen molar-refractivity contribution < 1.29 is 23.1 Å². The number of benzene rings is 1. The lowest BCUT2D eigenvalue weighted by molar-refractivity contribution is -0.154. The van der Waals surface area contributed by atoms with E-state index >= 15 is 0 Å². The van der Waals surface area contributed by atoms with Crippen LogP contribution < -0.4 is 5.32 Å². The van der Waals surface area contributed by atoms with Crippen LogP contribution in [0, 0.1) is 11.6 Å². The number of carbonyl (C=O) groups excluding carboxylic acids is 2. The van der Waals surface area contributed by atoms with Gasteiger partial charge in [0.1, 0.15) is 17.3 Å². The molecule has 0 bridgehead atoms. The van der Waals surface area contributed by atoms with E-state index < -0.39 is 35.3 Å². The van der Waals surface area contributed by atoms with Gasteiger partial charge in [-0.1, -0.05) is 12.1 Å². The first-order valence-electron chi connectivity index (χ1n) is 7.70. The van der Waals surface area contributed by atoms with Gasteiger partial charge in [0, 0.05) is 0 Å². The third kappa shape index (κ3) is 4.50. The Morgan fingerprint density at radius 3 is 2.67 bits per heavy atom. The smallest absolute Gasteiger partial charge is 0.330 e. The lowest BCUT2D eigenvalue weighted by Crippen LogP contribution is -2.32. The number of thiophene rings is 1. The predicted octanol–water partition coefficient (Wildman–Crippen LogP) is 2.25. The van der Waals surface area contributed by atoms with Crippen LogP contribution >= 0.6 is 11.3 Å². The molecule has 0 aliphatic heterocycles. The van der Waals surface area contributed by atoms with Crippen molar-refractivity contribution in [2.24, 2.45) is 0 Å². The first kappa shape index (κ1) is 18.6. The summed E-state index contributed by atoms with van der Waals surface area (Å²) in [7, 11) is 0. The molecule has 0 saturated heterocycles. The number of hydrogen-bond donors (Lipinski definition) is 1. The zero-order valence-electron chi connectivity index (χ0n) is 13.9. The van der Waals surface area contributed by atoms with E-state index in [1.807, 2.05) is 11.4 Å². The van der Waals surface area contributed by atoms with Crippen LogP contribution in [-0.2, 0) is 20.9 Å². The molecule has 11 heteroatoms. The van der Waals surface area contributed by atoms with Crippen molar-refractivity contribution in [3.05, 3.63) is 47.3 Å². The molecule has 1 N–H and O–H groups in total. The molecule has 1 amide bonds. The maximum Gasteiger partial charge on any atom is 0.330 e. The van der Waals surface area contributed by atoms with E-state index in [0.717, 1.165) is 21.8 Å². The summed E-state index contributed by atoms with van der Waals surface area (Å²) in [6.45, 7) is 0.905. The van der Waals surface area contributed by atoms with Gasteiger partial charge in [0.25, 0.3) is 5.91 Å². The molecule has 27 heavy (non-hydrogen) atoms. The van der Waals surface area contributed by atoms with Crippen LogP contribution in [0.25, 0.3) is 10.7 Å². The molecule has 0 fully saturated rings. The summed E-state index contributed by atoms with van der Waals surface area (Å²) in [4.78, 5) is 25.7. The Morgan fingerprint density at radius 1 is 1.26 bits per heavy atom. The Labute approximate surface area is 155 Å². The van der Waals surface area contributed by atoms with Crippen LogP contribution in [-0.4, -0.2) is 38.2 Å². The summed E-state index contributed by atoms with van der Waals surface area (Å²) in [5.74, 6) is -3.19. The van der Waals surface area contributed by atoms with Gasteiger partial charge in [-0.3, -0.25) is 4.79 Å². The van der Waals surface area contributed by atoms with E-state index in [9.17, 15) is 18.4 Å². The van der Waals surface area contributed by atoms with Crippen molar-refractivity contribution in [3.8, 4) is 10.7 Å². The molecule has 0 spiro atoms. The SMILES string of the molecule is C[C@H](OC(=O)Cn1nnc(-c2cccs2)n1)C(=O)Nc1c(F)cccc1F. The fourth-order valence-corrected chi connectivity index (χ4v) is 2.71. The van der Waals surface area contributed by atoms with Crippen molar-refractivity contribution in [1.29, 1.82) is 0 Å². The van der Waals surface area contributed by atoms with Gasteiger partial charge in [-0.05, 0) is 35.7 Å². The highest BCUT2D eigenvalue weighted by molar-refractivity contribution is 7.13. The number of rotatable bonds is 6. The fraction of sp³-hybridized carbons (Fsp3) is 0.188. The standard InChI is InChI=1S/C16H13F2N5O3S/c1-9(16(25)19-14-10(17)4-2-5-11(14)18)26-13(24)8-23-21-15(20-22-23)12-6-3-7-27-12/h2-7,9H,8H2,1H3,(H,19,25)/t9-/m0/s1. The van der Waals surface area contributed by atoms with E-state index in [4.69, 9.17) is 4.74 Å². The summed E-state index contributed by atoms with van der Waals surface area (Å²) in [6.07, 6.45) is -1.28. The second-order valence-corrected chi connectivity index (χ2v) is 6.29. The van der Waals surface area contributed by atoms with Crippen molar-refractivity contribution in [3.63, 3.8) is 0 Å². The average Bonchev–Trinajstić information content (AvgIpc) is 3.29. The Balaban J connectivity index is 1.56. The molecule has 0 saturated carbocycles. The van der Waals surface area contributed by atoms with Crippen LogP contribution in [0.15, 0.2) is 35.7 Å². The lowest BCUT2D eigenvalue weighted by Gasteiger charge is -2.14. The summed E-state index contributed by atoms with van der Waals surface area (Å²) < 4.78 is 32.1. The second-order valence-electron chi connectivity index (χ2n) is 5.34. The third-order valence-electron chi connectivity index (χ3n) is 3.35. The number of amides is 1. The first-order valence-corrected chi connectivity index (χ1v) is 8.58.